The van der Waals surface area contributed by atoms with Crippen LogP contribution in [0.2, 0.25) is 0 Å². The molecular weight excluding hydrogens is 192 g/mol. The summed E-state index contributed by atoms with van der Waals surface area (Å²) in [4.78, 5) is 16.0. The molecule has 1 N–H and O–H groups in total. The Bertz CT molecular complexity index is 280. The van der Waals surface area contributed by atoms with E-state index in [1.807, 2.05) is 13.8 Å². The second kappa shape index (κ2) is 4.31. The molecule has 0 aromatic rings. The van der Waals surface area contributed by atoms with Gasteiger partial charge >= 0.3 is 0 Å². The molecule has 4 heteroatoms. The Hall–Kier alpha value is -0.900. The number of hydrogen-bond donors (Lipinski definition) is 1. The summed E-state index contributed by atoms with van der Waals surface area (Å²) in [6.45, 7) is 5.70. The van der Waals surface area contributed by atoms with Gasteiger partial charge in [-0.25, -0.2) is 0 Å². The lowest BCUT2D eigenvalue weighted by Gasteiger charge is -2.06. The van der Waals surface area contributed by atoms with E-state index in [1.54, 1.807) is 0 Å². The van der Waals surface area contributed by atoms with Crippen LogP contribution in [-0.4, -0.2) is 31.0 Å². The predicted molar refractivity (Wildman–Crippen MR) is 57.7 cm³/mol. The van der Waals surface area contributed by atoms with Crippen molar-refractivity contribution in [1.29, 1.82) is 0 Å². The maximum absolute atomic E-state index is 11.5. The highest BCUT2D eigenvalue weighted by atomic mass is 16.5. The van der Waals surface area contributed by atoms with Gasteiger partial charge in [-0.3, -0.25) is 9.79 Å². The zero-order valence-corrected chi connectivity index (χ0v) is 9.32. The summed E-state index contributed by atoms with van der Waals surface area (Å²) in [7, 11) is 0. The van der Waals surface area contributed by atoms with Crippen molar-refractivity contribution in [2.45, 2.75) is 32.7 Å². The van der Waals surface area contributed by atoms with Gasteiger partial charge in [0.1, 0.15) is 11.9 Å². The van der Waals surface area contributed by atoms with Gasteiger partial charge in [0.25, 0.3) is 0 Å². The fraction of sp³-hybridized carbons (Fsp3) is 0.818. The summed E-state index contributed by atoms with van der Waals surface area (Å²) in [5, 5.41) is 2.87. The van der Waals surface area contributed by atoms with E-state index < -0.39 is 0 Å². The largest absolute Gasteiger partial charge is 0.381 e. The first-order chi connectivity index (χ1) is 7.16. The highest BCUT2D eigenvalue weighted by molar-refractivity contribution is 6.06. The van der Waals surface area contributed by atoms with Gasteiger partial charge in [-0.1, -0.05) is 13.8 Å². The summed E-state index contributed by atoms with van der Waals surface area (Å²) < 4.78 is 5.30. The molecule has 0 aromatic carbocycles. The standard InChI is InChI=1S/C11H18N2O2/c1-7(2)10-11(14)13-9(12-10)5-8-3-4-15-6-8/h7-8,10H,3-6H2,1-2H3,(H,12,13,14). The number of rotatable bonds is 3. The molecule has 0 radical (unpaired) electrons. The highest BCUT2D eigenvalue weighted by Crippen LogP contribution is 2.19. The average Bonchev–Trinajstić information content (AvgIpc) is 2.75. The number of amidine groups is 1. The van der Waals surface area contributed by atoms with Gasteiger partial charge < -0.3 is 10.1 Å². The second-order valence-electron chi connectivity index (χ2n) is 4.69. The Morgan fingerprint density at radius 3 is 2.93 bits per heavy atom. The molecule has 4 nitrogen and oxygen atoms in total. The third-order valence-electron chi connectivity index (χ3n) is 2.97. The van der Waals surface area contributed by atoms with Crippen LogP contribution in [0.4, 0.5) is 0 Å². The van der Waals surface area contributed by atoms with Crippen LogP contribution in [0.3, 0.4) is 0 Å². The van der Waals surface area contributed by atoms with E-state index in [4.69, 9.17) is 4.74 Å². The molecule has 2 rings (SSSR count). The summed E-state index contributed by atoms with van der Waals surface area (Å²) in [6, 6.07) is -0.178. The van der Waals surface area contributed by atoms with Gasteiger partial charge in [-0.05, 0) is 18.3 Å². The summed E-state index contributed by atoms with van der Waals surface area (Å²) in [6.07, 6.45) is 1.94. The smallest absolute Gasteiger partial charge is 0.250 e. The lowest BCUT2D eigenvalue weighted by Crippen LogP contribution is -2.31. The summed E-state index contributed by atoms with van der Waals surface area (Å²) in [5.74, 6) is 1.73. The van der Waals surface area contributed by atoms with Crippen molar-refractivity contribution in [3.63, 3.8) is 0 Å². The SMILES string of the molecule is CC(C)C1N=C(CC2CCOC2)NC1=O. The van der Waals surface area contributed by atoms with E-state index in [0.29, 0.717) is 5.92 Å². The van der Waals surface area contributed by atoms with Crippen LogP contribution in [-0.2, 0) is 9.53 Å². The fourth-order valence-electron chi connectivity index (χ4n) is 2.05. The molecule has 2 aliphatic rings. The van der Waals surface area contributed by atoms with E-state index in [9.17, 15) is 4.79 Å². The van der Waals surface area contributed by atoms with Crippen molar-refractivity contribution < 1.29 is 9.53 Å². The Morgan fingerprint density at radius 2 is 2.40 bits per heavy atom. The van der Waals surface area contributed by atoms with Crippen molar-refractivity contribution in [2.24, 2.45) is 16.8 Å². The van der Waals surface area contributed by atoms with Gasteiger partial charge in [0, 0.05) is 19.6 Å². The van der Waals surface area contributed by atoms with Crippen molar-refractivity contribution >= 4 is 11.7 Å². The van der Waals surface area contributed by atoms with Crippen LogP contribution in [0.15, 0.2) is 4.99 Å². The Balaban J connectivity index is 1.93. The number of carbonyl (C=O) groups is 1. The van der Waals surface area contributed by atoms with Gasteiger partial charge in [0.15, 0.2) is 0 Å². The van der Waals surface area contributed by atoms with Crippen LogP contribution < -0.4 is 5.32 Å². The van der Waals surface area contributed by atoms with Crippen LogP contribution in [0.25, 0.3) is 0 Å². The van der Waals surface area contributed by atoms with Crippen molar-refractivity contribution in [2.75, 3.05) is 13.2 Å². The van der Waals surface area contributed by atoms with E-state index >= 15 is 0 Å². The molecule has 1 fully saturated rings. The summed E-state index contributed by atoms with van der Waals surface area (Å²) >= 11 is 0. The number of aliphatic imine (C=N–C) groups is 1. The molecule has 2 heterocycles. The molecular formula is C11H18N2O2. The number of nitrogens with one attached hydrogen (secondary N) is 1. The predicted octanol–water partition coefficient (Wildman–Crippen LogP) is 0.966. The molecule has 0 saturated carbocycles. The monoisotopic (exact) mass is 210 g/mol. The van der Waals surface area contributed by atoms with Gasteiger partial charge in [-0.2, -0.15) is 0 Å². The first-order valence-electron chi connectivity index (χ1n) is 5.62. The molecule has 0 bridgehead atoms. The molecule has 0 spiro atoms. The third kappa shape index (κ3) is 2.37. The minimum absolute atomic E-state index is 0.0546. The van der Waals surface area contributed by atoms with E-state index in [1.165, 1.54) is 0 Å². The third-order valence-corrected chi connectivity index (χ3v) is 2.97. The number of amides is 1. The van der Waals surface area contributed by atoms with Gasteiger partial charge in [-0.15, -0.1) is 0 Å². The molecule has 84 valence electrons. The Morgan fingerprint density at radius 1 is 1.60 bits per heavy atom. The molecule has 1 amide bonds. The van der Waals surface area contributed by atoms with Gasteiger partial charge in [0.2, 0.25) is 5.91 Å². The maximum atomic E-state index is 11.5. The van der Waals surface area contributed by atoms with Crippen LogP contribution in [0.5, 0.6) is 0 Å². The fourth-order valence-corrected chi connectivity index (χ4v) is 2.05. The lowest BCUT2D eigenvalue weighted by atomic mass is 10.0. The van der Waals surface area contributed by atoms with E-state index in [2.05, 4.69) is 10.3 Å². The number of carbonyl (C=O) groups excluding carboxylic acids is 1. The van der Waals surface area contributed by atoms with E-state index in [-0.39, 0.29) is 17.9 Å². The Labute approximate surface area is 90.1 Å². The number of nitrogens with zero attached hydrogens (tertiary/aromatic N) is 1. The quantitative estimate of drug-likeness (QED) is 0.754. The second-order valence-corrected chi connectivity index (χ2v) is 4.69. The molecule has 2 atom stereocenters. The zero-order valence-electron chi connectivity index (χ0n) is 9.32. The molecule has 2 unspecified atom stereocenters. The minimum Gasteiger partial charge on any atom is -0.381 e. The Kier molecular flexibility index (Phi) is 3.05. The average molecular weight is 210 g/mol. The molecule has 0 aromatic heterocycles. The zero-order chi connectivity index (χ0) is 10.8. The van der Waals surface area contributed by atoms with Crippen molar-refractivity contribution in [1.82, 2.24) is 5.32 Å². The van der Waals surface area contributed by atoms with Crippen LogP contribution in [0.1, 0.15) is 26.7 Å². The summed E-state index contributed by atoms with van der Waals surface area (Å²) in [5.41, 5.74) is 0. The maximum Gasteiger partial charge on any atom is 0.250 e. The normalized spacial score (nSPS) is 30.9. The van der Waals surface area contributed by atoms with Gasteiger partial charge in [0.05, 0.1) is 0 Å². The van der Waals surface area contributed by atoms with Crippen LogP contribution in [0, 0.1) is 11.8 Å². The first kappa shape index (κ1) is 10.6. The molecule has 0 aliphatic carbocycles. The topological polar surface area (TPSA) is 50.7 Å². The molecule has 1 saturated heterocycles. The van der Waals surface area contributed by atoms with Crippen molar-refractivity contribution in [3.05, 3.63) is 0 Å². The van der Waals surface area contributed by atoms with Crippen molar-refractivity contribution in [3.8, 4) is 0 Å². The van der Waals surface area contributed by atoms with E-state index in [0.717, 1.165) is 31.9 Å². The minimum atomic E-state index is -0.178. The number of hydrogen-bond acceptors (Lipinski definition) is 3. The highest BCUT2D eigenvalue weighted by Gasteiger charge is 2.30. The molecule has 2 aliphatic heterocycles. The number of ether oxygens (including phenoxy) is 1. The van der Waals surface area contributed by atoms with Crippen LogP contribution >= 0.6 is 0 Å². The first-order valence-corrected chi connectivity index (χ1v) is 5.62. The lowest BCUT2D eigenvalue weighted by molar-refractivity contribution is -0.120. The molecule has 15 heavy (non-hydrogen) atoms.